The second kappa shape index (κ2) is 9.41. The second-order valence-corrected chi connectivity index (χ2v) is 8.42. The van der Waals surface area contributed by atoms with Gasteiger partial charge in [-0.15, -0.1) is 11.8 Å². The minimum absolute atomic E-state index is 0.126. The maximum Gasteiger partial charge on any atom is 0.313 e. The number of thioether (sulfide) groups is 1. The summed E-state index contributed by atoms with van der Waals surface area (Å²) in [5, 5.41) is 5.02. The maximum atomic E-state index is 13.2. The molecule has 0 atom stereocenters. The molecule has 0 aliphatic carbocycles. The van der Waals surface area contributed by atoms with E-state index in [1.807, 2.05) is 30.3 Å². The van der Waals surface area contributed by atoms with E-state index in [2.05, 4.69) is 10.6 Å². The molecule has 0 saturated carbocycles. The zero-order valence-electron chi connectivity index (χ0n) is 15.0. The maximum absolute atomic E-state index is 13.2. The average molecular weight is 423 g/mol. The molecule has 0 radical (unpaired) electrons. The van der Waals surface area contributed by atoms with Gasteiger partial charge in [0.2, 0.25) is 0 Å². The smallest absolute Gasteiger partial charge is 0.313 e. The third kappa shape index (κ3) is 5.47. The van der Waals surface area contributed by atoms with E-state index < -0.39 is 17.6 Å². The van der Waals surface area contributed by atoms with Crippen molar-refractivity contribution < 1.29 is 18.7 Å². The summed E-state index contributed by atoms with van der Waals surface area (Å²) in [6, 6.07) is 13.7. The van der Waals surface area contributed by atoms with E-state index in [-0.39, 0.29) is 15.5 Å². The summed E-state index contributed by atoms with van der Waals surface area (Å²) in [6.07, 6.45) is 1.53. The van der Waals surface area contributed by atoms with Gasteiger partial charge in [-0.05, 0) is 43.2 Å². The molecule has 5 nitrogen and oxygen atoms in total. The monoisotopic (exact) mass is 422 g/mol. The normalized spacial score (nSPS) is 15.6. The van der Waals surface area contributed by atoms with Crippen molar-refractivity contribution in [3.63, 3.8) is 0 Å². The summed E-state index contributed by atoms with van der Waals surface area (Å²) in [5.41, 5.74) is 0.256. The van der Waals surface area contributed by atoms with E-state index in [1.54, 1.807) is 11.8 Å². The topological polar surface area (TPSA) is 67.4 Å². The van der Waals surface area contributed by atoms with Crippen LogP contribution in [0.25, 0.3) is 0 Å². The highest BCUT2D eigenvalue weighted by Crippen LogP contribution is 2.40. The summed E-state index contributed by atoms with van der Waals surface area (Å²) in [5.74, 6) is -2.17. The SMILES string of the molecule is O=C(NCC1(Sc2ccccc2)CCOCC1)C(=O)Nc1ccc(F)c(Cl)c1. The Labute approximate surface area is 172 Å². The van der Waals surface area contributed by atoms with E-state index in [4.69, 9.17) is 16.3 Å². The number of carbonyl (C=O) groups excluding carboxylic acids is 2. The van der Waals surface area contributed by atoms with Crippen LogP contribution >= 0.6 is 23.4 Å². The number of amides is 2. The molecule has 2 amide bonds. The van der Waals surface area contributed by atoms with Crippen molar-refractivity contribution >= 4 is 40.9 Å². The lowest BCUT2D eigenvalue weighted by atomic mass is 9.99. The number of halogens is 2. The van der Waals surface area contributed by atoms with E-state index >= 15 is 0 Å². The Bertz CT molecular complexity index is 845. The van der Waals surface area contributed by atoms with Crippen LogP contribution in [0.1, 0.15) is 12.8 Å². The second-order valence-electron chi connectivity index (χ2n) is 6.48. The highest BCUT2D eigenvalue weighted by atomic mass is 35.5. The average Bonchev–Trinajstić information content (AvgIpc) is 2.70. The Hall–Kier alpha value is -2.09. The van der Waals surface area contributed by atoms with Crippen molar-refractivity contribution in [2.75, 3.05) is 25.1 Å². The lowest BCUT2D eigenvalue weighted by Crippen LogP contribution is -2.47. The van der Waals surface area contributed by atoms with Gasteiger partial charge in [-0.1, -0.05) is 29.8 Å². The van der Waals surface area contributed by atoms with Gasteiger partial charge in [-0.25, -0.2) is 4.39 Å². The van der Waals surface area contributed by atoms with Gasteiger partial charge in [0.15, 0.2) is 0 Å². The van der Waals surface area contributed by atoms with Crippen molar-refractivity contribution in [2.45, 2.75) is 22.5 Å². The number of rotatable bonds is 5. The molecule has 2 aromatic carbocycles. The molecule has 2 aromatic rings. The molecular formula is C20H20ClFN2O3S. The predicted octanol–water partition coefficient (Wildman–Crippen LogP) is 3.88. The van der Waals surface area contributed by atoms with Crippen LogP contribution < -0.4 is 10.6 Å². The Morgan fingerprint density at radius 1 is 1.11 bits per heavy atom. The van der Waals surface area contributed by atoms with Crippen molar-refractivity contribution in [1.82, 2.24) is 5.32 Å². The molecule has 8 heteroatoms. The first kappa shape index (κ1) is 20.6. The molecule has 0 bridgehead atoms. The molecule has 1 saturated heterocycles. The molecule has 148 valence electrons. The summed E-state index contributed by atoms with van der Waals surface area (Å²) in [7, 11) is 0. The largest absolute Gasteiger partial charge is 0.381 e. The van der Waals surface area contributed by atoms with Gasteiger partial charge in [-0.2, -0.15) is 0 Å². The van der Waals surface area contributed by atoms with Gasteiger partial charge in [0, 0.05) is 35.1 Å². The fraction of sp³-hybridized carbons (Fsp3) is 0.300. The number of anilines is 1. The van der Waals surface area contributed by atoms with Crippen molar-refractivity contribution in [1.29, 1.82) is 0 Å². The van der Waals surface area contributed by atoms with Gasteiger partial charge in [0.25, 0.3) is 0 Å². The first-order valence-corrected chi connectivity index (χ1v) is 10.0. The molecule has 0 spiro atoms. The molecule has 2 N–H and O–H groups in total. The fourth-order valence-electron chi connectivity index (χ4n) is 2.88. The van der Waals surface area contributed by atoms with Gasteiger partial charge in [0.1, 0.15) is 5.82 Å². The summed E-state index contributed by atoms with van der Waals surface area (Å²) in [4.78, 5) is 25.5. The third-order valence-corrected chi connectivity index (χ3v) is 6.22. The molecule has 28 heavy (non-hydrogen) atoms. The minimum Gasteiger partial charge on any atom is -0.381 e. The fourth-order valence-corrected chi connectivity index (χ4v) is 4.37. The van der Waals surface area contributed by atoms with E-state index in [0.717, 1.165) is 23.8 Å². The van der Waals surface area contributed by atoms with Crippen molar-refractivity contribution in [2.24, 2.45) is 0 Å². The Morgan fingerprint density at radius 2 is 1.82 bits per heavy atom. The summed E-state index contributed by atoms with van der Waals surface area (Å²) < 4.78 is 18.4. The zero-order valence-corrected chi connectivity index (χ0v) is 16.6. The minimum atomic E-state index is -0.824. The summed E-state index contributed by atoms with van der Waals surface area (Å²) in [6.45, 7) is 1.55. The number of benzene rings is 2. The Kier molecular flexibility index (Phi) is 6.93. The lowest BCUT2D eigenvalue weighted by Gasteiger charge is -2.36. The van der Waals surface area contributed by atoms with Gasteiger partial charge in [-0.3, -0.25) is 9.59 Å². The molecule has 3 rings (SSSR count). The highest BCUT2D eigenvalue weighted by Gasteiger charge is 2.34. The van der Waals surface area contributed by atoms with Crippen LogP contribution in [0.2, 0.25) is 5.02 Å². The van der Waals surface area contributed by atoms with Gasteiger partial charge < -0.3 is 15.4 Å². The van der Waals surface area contributed by atoms with Gasteiger partial charge >= 0.3 is 11.8 Å². The molecule has 1 aliphatic heterocycles. The van der Waals surface area contributed by atoms with Crippen molar-refractivity contribution in [3.05, 3.63) is 59.4 Å². The van der Waals surface area contributed by atoms with Crippen LogP contribution in [0.3, 0.4) is 0 Å². The van der Waals surface area contributed by atoms with Crippen LogP contribution in [0.4, 0.5) is 10.1 Å². The zero-order chi connectivity index (χ0) is 20.0. The lowest BCUT2D eigenvalue weighted by molar-refractivity contribution is -0.136. The van der Waals surface area contributed by atoms with Crippen molar-refractivity contribution in [3.8, 4) is 0 Å². The predicted molar refractivity (Wildman–Crippen MR) is 108 cm³/mol. The van der Waals surface area contributed by atoms with E-state index in [9.17, 15) is 14.0 Å². The number of carbonyl (C=O) groups is 2. The standard InChI is InChI=1S/C20H20ClFN2O3S/c21-16-12-14(6-7-17(16)22)24-19(26)18(25)23-13-20(8-10-27-11-9-20)28-15-4-2-1-3-5-15/h1-7,12H,8-11,13H2,(H,23,25)(H,24,26). The van der Waals surface area contributed by atoms with E-state index in [1.165, 1.54) is 12.1 Å². The molecule has 1 fully saturated rings. The number of nitrogens with one attached hydrogen (secondary N) is 2. The quantitative estimate of drug-likeness (QED) is 0.718. The van der Waals surface area contributed by atoms with Crippen LogP contribution in [0.15, 0.2) is 53.4 Å². The molecule has 0 unspecified atom stereocenters. The van der Waals surface area contributed by atoms with Crippen LogP contribution in [0.5, 0.6) is 0 Å². The molecular weight excluding hydrogens is 403 g/mol. The molecule has 1 aliphatic rings. The first-order chi connectivity index (χ1) is 13.5. The molecule has 0 aromatic heterocycles. The summed E-state index contributed by atoms with van der Waals surface area (Å²) >= 11 is 7.38. The van der Waals surface area contributed by atoms with Crippen LogP contribution in [-0.2, 0) is 14.3 Å². The van der Waals surface area contributed by atoms with Gasteiger partial charge in [0.05, 0.1) is 5.02 Å². The highest BCUT2D eigenvalue weighted by molar-refractivity contribution is 8.00. The third-order valence-electron chi connectivity index (χ3n) is 4.44. The van der Waals surface area contributed by atoms with Crippen LogP contribution in [-0.4, -0.2) is 36.3 Å². The number of hydrogen-bond acceptors (Lipinski definition) is 4. The number of ether oxygens (including phenoxy) is 1. The Morgan fingerprint density at radius 3 is 2.50 bits per heavy atom. The first-order valence-electron chi connectivity index (χ1n) is 8.83. The Balaban J connectivity index is 1.61. The van der Waals surface area contributed by atoms with Crippen LogP contribution in [0, 0.1) is 5.82 Å². The molecule has 1 heterocycles. The number of hydrogen-bond donors (Lipinski definition) is 2. The van der Waals surface area contributed by atoms with E-state index in [0.29, 0.717) is 19.8 Å².